The lowest BCUT2D eigenvalue weighted by molar-refractivity contribution is -0.124. The first-order valence-electron chi connectivity index (χ1n) is 13.4. The van der Waals surface area contributed by atoms with Crippen molar-refractivity contribution in [3.63, 3.8) is 0 Å². The predicted octanol–water partition coefficient (Wildman–Crippen LogP) is 5.99. The molecule has 212 valence electrons. The van der Waals surface area contributed by atoms with Gasteiger partial charge in [0.05, 0.1) is 18.7 Å². The molecule has 7 nitrogen and oxygen atoms in total. The number of hydrogen-bond acceptors (Lipinski definition) is 6. The van der Waals surface area contributed by atoms with Crippen LogP contribution in [0.5, 0.6) is 0 Å². The van der Waals surface area contributed by atoms with Crippen LogP contribution in [0.25, 0.3) is 11.1 Å². The number of halogens is 1. The summed E-state index contributed by atoms with van der Waals surface area (Å²) in [5.74, 6) is 0.333. The Balaban J connectivity index is 1.54. The van der Waals surface area contributed by atoms with Crippen molar-refractivity contribution in [1.82, 2.24) is 10.6 Å². The summed E-state index contributed by atoms with van der Waals surface area (Å²) < 4.78 is 4.80. The topological polar surface area (TPSA) is 108 Å². The Morgan fingerprint density at radius 3 is 2.32 bits per heavy atom. The molecule has 41 heavy (non-hydrogen) atoms. The van der Waals surface area contributed by atoms with E-state index in [0.29, 0.717) is 41.0 Å². The van der Waals surface area contributed by atoms with Crippen molar-refractivity contribution in [2.75, 3.05) is 18.6 Å². The molecule has 0 unspecified atom stereocenters. The molecule has 3 aromatic rings. The van der Waals surface area contributed by atoms with Gasteiger partial charge in [0.25, 0.3) is 5.91 Å². The van der Waals surface area contributed by atoms with Gasteiger partial charge in [-0.25, -0.2) is 4.79 Å². The van der Waals surface area contributed by atoms with E-state index < -0.39 is 23.5 Å². The minimum absolute atomic E-state index is 0.0150. The average Bonchev–Trinajstić information content (AvgIpc) is 3.01. The van der Waals surface area contributed by atoms with E-state index in [9.17, 15) is 19.6 Å². The Morgan fingerprint density at radius 1 is 1.02 bits per heavy atom. The van der Waals surface area contributed by atoms with Crippen molar-refractivity contribution >= 4 is 41.1 Å². The summed E-state index contributed by atoms with van der Waals surface area (Å²) in [4.78, 5) is 38.9. The number of thioether (sulfide) groups is 1. The smallest absolute Gasteiger partial charge is 0.337 e. The maximum atomic E-state index is 13.6. The number of rotatable bonds is 9. The highest BCUT2D eigenvalue weighted by atomic mass is 35.5. The highest BCUT2D eigenvalue weighted by Gasteiger charge is 2.36. The quantitative estimate of drug-likeness (QED) is 0.297. The molecule has 2 N–H and O–H groups in total. The molecule has 1 saturated heterocycles. The number of carbonyl (C=O) groups excluding carboxylic acids is 3. The van der Waals surface area contributed by atoms with Crippen molar-refractivity contribution < 1.29 is 19.1 Å². The zero-order chi connectivity index (χ0) is 29.4. The van der Waals surface area contributed by atoms with E-state index in [4.69, 9.17) is 16.3 Å². The van der Waals surface area contributed by atoms with E-state index in [1.165, 1.54) is 7.11 Å². The Morgan fingerprint density at radius 2 is 1.68 bits per heavy atom. The van der Waals surface area contributed by atoms with Gasteiger partial charge < -0.3 is 15.4 Å². The first kappa shape index (κ1) is 30.2. The van der Waals surface area contributed by atoms with Crippen LogP contribution in [0.2, 0.25) is 5.02 Å². The van der Waals surface area contributed by atoms with Crippen molar-refractivity contribution in [3.05, 3.63) is 94.5 Å². The number of carbonyl (C=O) groups is 3. The van der Waals surface area contributed by atoms with E-state index in [2.05, 4.69) is 16.7 Å². The zero-order valence-electron chi connectivity index (χ0n) is 23.0. The van der Waals surface area contributed by atoms with E-state index >= 15 is 0 Å². The number of hydrogen-bond donors (Lipinski definition) is 2. The number of nitrogens with zero attached hydrogens (tertiary/aromatic N) is 1. The normalized spacial score (nSPS) is 15.6. The van der Waals surface area contributed by atoms with Crippen molar-refractivity contribution in [3.8, 4) is 17.2 Å². The molecule has 0 spiro atoms. The zero-order valence-corrected chi connectivity index (χ0v) is 24.6. The number of amides is 2. The highest BCUT2D eigenvalue weighted by Crippen LogP contribution is 2.30. The molecule has 0 saturated carbocycles. The van der Waals surface area contributed by atoms with Gasteiger partial charge in [0.2, 0.25) is 5.91 Å². The molecular weight excluding hydrogens is 558 g/mol. The van der Waals surface area contributed by atoms with Gasteiger partial charge in [-0.1, -0.05) is 61.0 Å². The first-order valence-corrected chi connectivity index (χ1v) is 14.9. The van der Waals surface area contributed by atoms with Crippen molar-refractivity contribution in [2.45, 2.75) is 43.7 Å². The van der Waals surface area contributed by atoms with Crippen LogP contribution < -0.4 is 10.6 Å². The van der Waals surface area contributed by atoms with Crippen LogP contribution in [0.15, 0.2) is 72.8 Å². The number of benzene rings is 3. The van der Waals surface area contributed by atoms with E-state index in [1.807, 2.05) is 37.3 Å². The fraction of sp³-hybridized carbons (Fsp3) is 0.312. The number of esters is 1. The van der Waals surface area contributed by atoms with Crippen LogP contribution in [0.3, 0.4) is 0 Å². The Hall–Kier alpha value is -3.80. The van der Waals surface area contributed by atoms with Gasteiger partial charge >= 0.3 is 5.97 Å². The molecule has 0 radical (unpaired) electrons. The Labute approximate surface area is 249 Å². The van der Waals surface area contributed by atoms with Crippen molar-refractivity contribution in [2.24, 2.45) is 0 Å². The lowest BCUT2D eigenvalue weighted by Gasteiger charge is -2.33. The van der Waals surface area contributed by atoms with E-state index in [0.717, 1.165) is 22.6 Å². The summed E-state index contributed by atoms with van der Waals surface area (Å²) in [6.07, 6.45) is 1.50. The summed E-state index contributed by atoms with van der Waals surface area (Å²) in [5, 5.41) is 16.2. The molecule has 1 aliphatic heterocycles. The summed E-state index contributed by atoms with van der Waals surface area (Å²) >= 11 is 8.15. The SMILES string of the molecule is COC(=O)c1ccc(Cl)c(-c2ccc(C(=O)N[C@@H](C[C@H](C)c3ccccc3)C(=O)NC3(C#N)CCSCC3)cc2)c1. The molecule has 2 atom stereocenters. The summed E-state index contributed by atoms with van der Waals surface area (Å²) in [6.45, 7) is 2.01. The van der Waals surface area contributed by atoms with Crippen LogP contribution in [0, 0.1) is 11.3 Å². The van der Waals surface area contributed by atoms with Crippen LogP contribution >= 0.6 is 23.4 Å². The standard InChI is InChI=1S/C32H32ClN3O4S/c1-21(22-6-4-3-5-7-22)18-28(30(38)36-32(20-34)14-16-41-17-15-32)35-29(37)24-10-8-23(9-11-24)26-19-25(31(39)40-2)12-13-27(26)33/h3-13,19,21,28H,14-18H2,1-2H3,(H,35,37)(H,36,38)/t21-,28-/m0/s1. The molecule has 0 bridgehead atoms. The molecule has 2 amide bonds. The molecule has 3 aromatic carbocycles. The molecule has 1 aliphatic rings. The number of nitriles is 1. The van der Waals surface area contributed by atoms with E-state index in [1.54, 1.807) is 54.2 Å². The van der Waals surface area contributed by atoms with Gasteiger partial charge in [0, 0.05) is 16.1 Å². The molecular formula is C32H32ClN3O4S. The second-order valence-corrected chi connectivity index (χ2v) is 11.8. The molecule has 0 aromatic heterocycles. The van der Waals surface area contributed by atoms with Crippen LogP contribution in [-0.2, 0) is 9.53 Å². The highest BCUT2D eigenvalue weighted by molar-refractivity contribution is 7.99. The monoisotopic (exact) mass is 589 g/mol. The third-order valence-corrected chi connectivity index (χ3v) is 8.66. The lowest BCUT2D eigenvalue weighted by atomic mass is 9.90. The third-order valence-electron chi connectivity index (χ3n) is 7.35. The number of nitrogens with one attached hydrogen (secondary N) is 2. The average molecular weight is 590 g/mol. The fourth-order valence-electron chi connectivity index (χ4n) is 4.84. The van der Waals surface area contributed by atoms with Gasteiger partial charge in [0.15, 0.2) is 0 Å². The van der Waals surface area contributed by atoms with E-state index in [-0.39, 0.29) is 11.8 Å². The first-order chi connectivity index (χ1) is 19.7. The number of methoxy groups -OCH3 is 1. The van der Waals surface area contributed by atoms with Gasteiger partial charge in [0.1, 0.15) is 11.6 Å². The lowest BCUT2D eigenvalue weighted by Crippen LogP contribution is -2.56. The van der Waals surface area contributed by atoms with Gasteiger partial charge in [-0.15, -0.1) is 0 Å². The van der Waals surface area contributed by atoms with Crippen LogP contribution in [-0.4, -0.2) is 48.0 Å². The molecule has 1 fully saturated rings. The van der Waals surface area contributed by atoms with Gasteiger partial charge in [-0.05, 0) is 78.1 Å². The maximum Gasteiger partial charge on any atom is 0.337 e. The maximum absolute atomic E-state index is 13.6. The second-order valence-electron chi connectivity index (χ2n) is 10.1. The molecule has 4 rings (SSSR count). The molecule has 1 heterocycles. The van der Waals surface area contributed by atoms with Crippen molar-refractivity contribution in [1.29, 1.82) is 5.26 Å². The summed E-state index contributed by atoms with van der Waals surface area (Å²) in [7, 11) is 1.31. The predicted molar refractivity (Wildman–Crippen MR) is 162 cm³/mol. The fourth-order valence-corrected chi connectivity index (χ4v) is 6.26. The van der Waals surface area contributed by atoms with Gasteiger partial charge in [-0.2, -0.15) is 17.0 Å². The van der Waals surface area contributed by atoms with Crippen LogP contribution in [0.1, 0.15) is 58.4 Å². The minimum atomic E-state index is -0.930. The molecule has 0 aliphatic carbocycles. The minimum Gasteiger partial charge on any atom is -0.465 e. The number of ether oxygens (including phenoxy) is 1. The van der Waals surface area contributed by atoms with Gasteiger partial charge in [-0.3, -0.25) is 9.59 Å². The Bertz CT molecular complexity index is 1430. The Kier molecular flexibility index (Phi) is 10.1. The molecule has 9 heteroatoms. The summed E-state index contributed by atoms with van der Waals surface area (Å²) in [6, 6.07) is 22.9. The summed E-state index contributed by atoms with van der Waals surface area (Å²) in [5.41, 5.74) is 2.20. The third kappa shape index (κ3) is 7.49. The van der Waals surface area contributed by atoms with Crippen LogP contribution in [0.4, 0.5) is 0 Å². The second kappa shape index (κ2) is 13.7. The largest absolute Gasteiger partial charge is 0.465 e.